The Balaban J connectivity index is 1.76. The van der Waals surface area contributed by atoms with Crippen molar-refractivity contribution in [1.82, 2.24) is 15.1 Å². The van der Waals surface area contributed by atoms with Gasteiger partial charge in [-0.15, -0.1) is 0 Å². The molecule has 0 aromatic carbocycles. The molecular formula is C15H24BrN3. The smallest absolute Gasteiger partial charge is 0.0635 e. The Hall–Kier alpha value is -0.350. The van der Waals surface area contributed by atoms with E-state index in [1.807, 2.05) is 6.20 Å². The first-order valence-electron chi connectivity index (χ1n) is 7.56. The molecule has 19 heavy (non-hydrogen) atoms. The van der Waals surface area contributed by atoms with Gasteiger partial charge in [-0.05, 0) is 60.0 Å². The molecule has 1 aromatic heterocycles. The van der Waals surface area contributed by atoms with Crippen LogP contribution in [0.4, 0.5) is 0 Å². The minimum absolute atomic E-state index is 0.650. The molecule has 0 spiro atoms. The van der Waals surface area contributed by atoms with E-state index in [2.05, 4.69) is 45.0 Å². The second-order valence-corrected chi connectivity index (χ2v) is 7.32. The molecule has 0 radical (unpaired) electrons. The van der Waals surface area contributed by atoms with Crippen LogP contribution in [0.5, 0.6) is 0 Å². The van der Waals surface area contributed by atoms with Crippen molar-refractivity contribution < 1.29 is 0 Å². The lowest BCUT2D eigenvalue weighted by Gasteiger charge is -2.35. The Morgan fingerprint density at radius 1 is 1.37 bits per heavy atom. The molecule has 1 heterocycles. The van der Waals surface area contributed by atoms with Crippen LogP contribution in [0.1, 0.15) is 50.6 Å². The summed E-state index contributed by atoms with van der Waals surface area (Å²) in [6, 6.07) is 0.815. The molecule has 4 heteroatoms. The number of aryl methyl sites for hydroxylation is 1. The van der Waals surface area contributed by atoms with Crippen molar-refractivity contribution in [3.63, 3.8) is 0 Å². The van der Waals surface area contributed by atoms with E-state index in [1.165, 1.54) is 48.8 Å². The predicted molar refractivity (Wildman–Crippen MR) is 81.2 cm³/mol. The highest BCUT2D eigenvalue weighted by Crippen LogP contribution is 2.42. The van der Waals surface area contributed by atoms with Gasteiger partial charge in [0.1, 0.15) is 0 Å². The Kier molecular flexibility index (Phi) is 3.99. The highest BCUT2D eigenvalue weighted by molar-refractivity contribution is 9.10. The van der Waals surface area contributed by atoms with Crippen molar-refractivity contribution in [2.45, 2.75) is 51.0 Å². The normalized spacial score (nSPS) is 31.6. The van der Waals surface area contributed by atoms with Gasteiger partial charge >= 0.3 is 0 Å². The predicted octanol–water partition coefficient (Wildman–Crippen LogP) is 3.45. The Labute approximate surface area is 124 Å². The van der Waals surface area contributed by atoms with Crippen molar-refractivity contribution in [2.24, 2.45) is 18.9 Å². The van der Waals surface area contributed by atoms with E-state index in [0.29, 0.717) is 5.92 Å². The molecule has 3 nitrogen and oxygen atoms in total. The van der Waals surface area contributed by atoms with E-state index in [4.69, 9.17) is 0 Å². The maximum Gasteiger partial charge on any atom is 0.0635 e. The standard InChI is InChI=1S/C15H24BrN3/c1-10-3-4-11(8-17-12-5-6-12)13(7-10)15-14(16)9-18-19(15)2/h9-13,17H,3-8H2,1-2H3. The van der Waals surface area contributed by atoms with Crippen molar-refractivity contribution in [3.05, 3.63) is 16.4 Å². The molecule has 3 atom stereocenters. The summed E-state index contributed by atoms with van der Waals surface area (Å²) >= 11 is 3.69. The van der Waals surface area contributed by atoms with E-state index < -0.39 is 0 Å². The fourth-order valence-corrected chi connectivity index (χ4v) is 4.11. The quantitative estimate of drug-likeness (QED) is 0.918. The van der Waals surface area contributed by atoms with Crippen LogP contribution in [-0.2, 0) is 7.05 Å². The zero-order valence-electron chi connectivity index (χ0n) is 11.9. The minimum Gasteiger partial charge on any atom is -0.314 e. The average molecular weight is 326 g/mol. The number of nitrogens with one attached hydrogen (secondary N) is 1. The molecule has 0 amide bonds. The van der Waals surface area contributed by atoms with Crippen molar-refractivity contribution in [2.75, 3.05) is 6.54 Å². The van der Waals surface area contributed by atoms with E-state index in [1.54, 1.807) is 0 Å². The molecule has 0 saturated heterocycles. The lowest BCUT2D eigenvalue weighted by atomic mass is 9.73. The van der Waals surface area contributed by atoms with E-state index in [-0.39, 0.29) is 0 Å². The van der Waals surface area contributed by atoms with Crippen molar-refractivity contribution in [3.8, 4) is 0 Å². The first-order chi connectivity index (χ1) is 9.15. The van der Waals surface area contributed by atoms with Crippen LogP contribution < -0.4 is 5.32 Å². The van der Waals surface area contributed by atoms with Crippen LogP contribution in [0, 0.1) is 11.8 Å². The topological polar surface area (TPSA) is 29.9 Å². The Morgan fingerprint density at radius 2 is 2.16 bits per heavy atom. The maximum absolute atomic E-state index is 4.41. The molecule has 106 valence electrons. The molecule has 2 aliphatic carbocycles. The second kappa shape index (κ2) is 5.57. The van der Waals surface area contributed by atoms with Gasteiger partial charge in [0.2, 0.25) is 0 Å². The van der Waals surface area contributed by atoms with Gasteiger partial charge in [-0.1, -0.05) is 13.3 Å². The summed E-state index contributed by atoms with van der Waals surface area (Å²) in [7, 11) is 2.07. The van der Waals surface area contributed by atoms with E-state index in [0.717, 1.165) is 17.9 Å². The maximum atomic E-state index is 4.41. The average Bonchev–Trinajstić information content (AvgIpc) is 3.14. The number of halogens is 1. The zero-order chi connectivity index (χ0) is 13.4. The van der Waals surface area contributed by atoms with Gasteiger partial charge in [-0.2, -0.15) is 5.10 Å². The Morgan fingerprint density at radius 3 is 2.79 bits per heavy atom. The van der Waals surface area contributed by atoms with Gasteiger partial charge in [0.25, 0.3) is 0 Å². The number of rotatable bonds is 4. The molecule has 1 N–H and O–H groups in total. The lowest BCUT2D eigenvalue weighted by Crippen LogP contribution is -2.33. The van der Waals surface area contributed by atoms with Crippen LogP contribution in [0.3, 0.4) is 0 Å². The van der Waals surface area contributed by atoms with E-state index in [9.17, 15) is 0 Å². The van der Waals surface area contributed by atoms with Gasteiger partial charge in [-0.25, -0.2) is 0 Å². The molecule has 3 rings (SSSR count). The summed E-state index contributed by atoms with van der Waals surface area (Å²) in [5.74, 6) is 2.25. The van der Waals surface area contributed by atoms with Crippen LogP contribution in [0.25, 0.3) is 0 Å². The lowest BCUT2D eigenvalue weighted by molar-refractivity contribution is 0.233. The van der Waals surface area contributed by atoms with Crippen molar-refractivity contribution in [1.29, 1.82) is 0 Å². The molecule has 2 saturated carbocycles. The number of aromatic nitrogens is 2. The first-order valence-corrected chi connectivity index (χ1v) is 8.35. The molecule has 0 bridgehead atoms. The van der Waals surface area contributed by atoms with Crippen LogP contribution >= 0.6 is 15.9 Å². The third kappa shape index (κ3) is 3.05. The van der Waals surface area contributed by atoms with Gasteiger partial charge in [0, 0.05) is 19.0 Å². The van der Waals surface area contributed by atoms with Gasteiger partial charge < -0.3 is 5.32 Å². The molecule has 2 fully saturated rings. The van der Waals surface area contributed by atoms with Gasteiger partial charge in [0.15, 0.2) is 0 Å². The Bertz CT molecular complexity index is 419. The fourth-order valence-electron chi connectivity index (χ4n) is 3.47. The van der Waals surface area contributed by atoms with Crippen LogP contribution in [0.2, 0.25) is 0 Å². The van der Waals surface area contributed by atoms with E-state index >= 15 is 0 Å². The molecule has 1 aromatic rings. The molecule has 3 unspecified atom stereocenters. The summed E-state index contributed by atoms with van der Waals surface area (Å²) in [6.07, 6.45) is 8.73. The molecular weight excluding hydrogens is 302 g/mol. The number of hydrogen-bond donors (Lipinski definition) is 1. The van der Waals surface area contributed by atoms with Crippen molar-refractivity contribution >= 4 is 15.9 Å². The van der Waals surface area contributed by atoms with Crippen LogP contribution in [-0.4, -0.2) is 22.4 Å². The highest BCUT2D eigenvalue weighted by atomic mass is 79.9. The molecule has 2 aliphatic rings. The third-order valence-corrected chi connectivity index (χ3v) is 5.40. The minimum atomic E-state index is 0.650. The highest BCUT2D eigenvalue weighted by Gasteiger charge is 2.34. The molecule has 0 aliphatic heterocycles. The first kappa shape index (κ1) is 13.6. The zero-order valence-corrected chi connectivity index (χ0v) is 13.5. The number of nitrogens with zero attached hydrogens (tertiary/aromatic N) is 2. The third-order valence-electron chi connectivity index (χ3n) is 4.79. The summed E-state index contributed by atoms with van der Waals surface area (Å²) in [5, 5.41) is 8.13. The van der Waals surface area contributed by atoms with Gasteiger partial charge in [0.05, 0.1) is 16.4 Å². The summed E-state index contributed by atoms with van der Waals surface area (Å²) in [5.41, 5.74) is 1.40. The second-order valence-electron chi connectivity index (χ2n) is 6.47. The van der Waals surface area contributed by atoms with Gasteiger partial charge in [-0.3, -0.25) is 4.68 Å². The largest absolute Gasteiger partial charge is 0.314 e. The van der Waals surface area contributed by atoms with Crippen LogP contribution in [0.15, 0.2) is 10.7 Å². The fraction of sp³-hybridized carbons (Fsp3) is 0.800. The summed E-state index contributed by atoms with van der Waals surface area (Å²) in [6.45, 7) is 3.57. The SMILES string of the molecule is CC1CCC(CNC2CC2)C(c2c(Br)cnn2C)C1. The summed E-state index contributed by atoms with van der Waals surface area (Å²) in [4.78, 5) is 0. The number of hydrogen-bond acceptors (Lipinski definition) is 2. The monoisotopic (exact) mass is 325 g/mol. The summed E-state index contributed by atoms with van der Waals surface area (Å²) < 4.78 is 3.25.